The van der Waals surface area contributed by atoms with Gasteiger partial charge in [-0.3, -0.25) is 10.1 Å². The van der Waals surface area contributed by atoms with Crippen LogP contribution in [0.15, 0.2) is 6.20 Å². The van der Waals surface area contributed by atoms with Crippen molar-refractivity contribution in [1.82, 2.24) is 15.0 Å². The molecule has 10 heavy (non-hydrogen) atoms. The van der Waals surface area contributed by atoms with E-state index in [1.807, 2.05) is 0 Å². The summed E-state index contributed by atoms with van der Waals surface area (Å²) in [6.07, 6.45) is 1.59. The number of nitrogens with zero attached hydrogens (tertiary/aromatic N) is 3. The minimum Gasteiger partial charge on any atom is -0.382 e. The van der Waals surface area contributed by atoms with Crippen LogP contribution in [-0.4, -0.2) is 20.8 Å². The molecular formula is C4H8ClN5. The summed E-state index contributed by atoms with van der Waals surface area (Å²) in [5, 5.41) is 14.1. The Morgan fingerprint density at radius 3 is 2.60 bits per heavy atom. The van der Waals surface area contributed by atoms with Crippen LogP contribution in [0.25, 0.3) is 0 Å². The zero-order chi connectivity index (χ0) is 6.85. The summed E-state index contributed by atoms with van der Waals surface area (Å²) in [4.78, 5) is 0. The molecule has 56 valence electrons. The maximum Gasteiger partial charge on any atom is 0.147 e. The minimum absolute atomic E-state index is 0. The molecule has 0 amide bonds. The van der Waals surface area contributed by atoms with Crippen molar-refractivity contribution in [2.75, 3.05) is 0 Å². The van der Waals surface area contributed by atoms with Crippen LogP contribution in [0.4, 0.5) is 0 Å². The molecule has 3 N–H and O–H groups in total. The molecule has 0 spiro atoms. The fraction of sp³-hybridized carbons (Fsp3) is 0.250. The zero-order valence-electron chi connectivity index (χ0n) is 5.40. The third kappa shape index (κ3) is 1.70. The highest BCUT2D eigenvalue weighted by Crippen LogP contribution is 1.86. The maximum atomic E-state index is 6.91. The van der Waals surface area contributed by atoms with Crippen molar-refractivity contribution in [1.29, 1.82) is 5.41 Å². The van der Waals surface area contributed by atoms with E-state index in [9.17, 15) is 0 Å². The quantitative estimate of drug-likeness (QED) is 0.431. The van der Waals surface area contributed by atoms with E-state index in [1.54, 1.807) is 13.2 Å². The van der Waals surface area contributed by atoms with Crippen LogP contribution >= 0.6 is 12.4 Å². The average Bonchev–Trinajstić information content (AvgIpc) is 2.14. The Labute approximate surface area is 64.1 Å². The van der Waals surface area contributed by atoms with Gasteiger partial charge in [0, 0.05) is 7.05 Å². The fourth-order valence-electron chi connectivity index (χ4n) is 0.471. The van der Waals surface area contributed by atoms with Gasteiger partial charge in [0.25, 0.3) is 0 Å². The van der Waals surface area contributed by atoms with Crippen LogP contribution in [0.5, 0.6) is 0 Å². The SMILES string of the molecule is Cl.Cn1cc(C(=N)N)nn1. The molecule has 0 radical (unpaired) electrons. The highest BCUT2D eigenvalue weighted by Gasteiger charge is 1.98. The second kappa shape index (κ2) is 3.17. The van der Waals surface area contributed by atoms with Gasteiger partial charge in [-0.2, -0.15) is 0 Å². The van der Waals surface area contributed by atoms with E-state index in [2.05, 4.69) is 10.3 Å². The molecule has 1 heterocycles. The van der Waals surface area contributed by atoms with Crippen molar-refractivity contribution in [3.8, 4) is 0 Å². The summed E-state index contributed by atoms with van der Waals surface area (Å²) < 4.78 is 1.50. The Kier molecular flexibility index (Phi) is 2.82. The lowest BCUT2D eigenvalue weighted by Crippen LogP contribution is -2.11. The van der Waals surface area contributed by atoms with E-state index in [-0.39, 0.29) is 18.2 Å². The molecular weight excluding hydrogens is 154 g/mol. The smallest absolute Gasteiger partial charge is 0.147 e. The molecule has 0 aliphatic carbocycles. The van der Waals surface area contributed by atoms with Gasteiger partial charge in [0.1, 0.15) is 11.5 Å². The van der Waals surface area contributed by atoms with Crippen LogP contribution in [0.1, 0.15) is 5.69 Å². The van der Waals surface area contributed by atoms with E-state index in [4.69, 9.17) is 11.1 Å². The normalized spacial score (nSPS) is 8.50. The number of aryl methyl sites for hydroxylation is 1. The third-order valence-electron chi connectivity index (χ3n) is 0.879. The first-order valence-electron chi connectivity index (χ1n) is 2.41. The lowest BCUT2D eigenvalue weighted by Gasteiger charge is -1.83. The number of nitrogens with one attached hydrogen (secondary N) is 1. The molecule has 0 aliphatic rings. The summed E-state index contributed by atoms with van der Waals surface area (Å²) in [6.45, 7) is 0. The molecule has 1 aromatic rings. The Balaban J connectivity index is 0.000000810. The summed E-state index contributed by atoms with van der Waals surface area (Å²) in [7, 11) is 1.72. The van der Waals surface area contributed by atoms with Gasteiger partial charge in [0.15, 0.2) is 0 Å². The molecule has 0 saturated heterocycles. The fourth-order valence-corrected chi connectivity index (χ4v) is 0.471. The molecule has 0 fully saturated rings. The van der Waals surface area contributed by atoms with Gasteiger partial charge in [-0.25, -0.2) is 0 Å². The molecule has 5 nitrogen and oxygen atoms in total. The van der Waals surface area contributed by atoms with Gasteiger partial charge >= 0.3 is 0 Å². The van der Waals surface area contributed by atoms with E-state index in [1.165, 1.54) is 4.68 Å². The number of rotatable bonds is 1. The summed E-state index contributed by atoms with van der Waals surface area (Å²) in [5.74, 6) is -0.0527. The highest BCUT2D eigenvalue weighted by molar-refractivity contribution is 5.92. The Morgan fingerprint density at radius 1 is 1.80 bits per heavy atom. The first kappa shape index (κ1) is 8.90. The average molecular weight is 162 g/mol. The molecule has 0 saturated carbocycles. The van der Waals surface area contributed by atoms with E-state index in [0.29, 0.717) is 5.69 Å². The molecule has 6 heteroatoms. The van der Waals surface area contributed by atoms with Gasteiger partial charge in [0.2, 0.25) is 0 Å². The molecule has 1 rings (SSSR count). The molecule has 0 aromatic carbocycles. The first-order chi connectivity index (χ1) is 4.20. The van der Waals surface area contributed by atoms with Gasteiger partial charge < -0.3 is 5.73 Å². The number of hydrogen-bond donors (Lipinski definition) is 2. The molecule has 0 unspecified atom stereocenters. The van der Waals surface area contributed by atoms with E-state index < -0.39 is 0 Å². The van der Waals surface area contributed by atoms with Crippen molar-refractivity contribution in [2.24, 2.45) is 12.8 Å². The second-order valence-electron chi connectivity index (χ2n) is 1.69. The number of amidine groups is 1. The number of hydrogen-bond acceptors (Lipinski definition) is 3. The zero-order valence-corrected chi connectivity index (χ0v) is 6.22. The van der Waals surface area contributed by atoms with Gasteiger partial charge in [-0.05, 0) is 0 Å². The molecule has 1 aromatic heterocycles. The van der Waals surface area contributed by atoms with Crippen LogP contribution in [0.2, 0.25) is 0 Å². The van der Waals surface area contributed by atoms with Crippen molar-refractivity contribution in [3.63, 3.8) is 0 Å². The second-order valence-corrected chi connectivity index (χ2v) is 1.69. The lowest BCUT2D eigenvalue weighted by molar-refractivity contribution is 0.714. The molecule has 0 atom stereocenters. The summed E-state index contributed by atoms with van der Waals surface area (Å²) in [6, 6.07) is 0. The predicted octanol–water partition coefficient (Wildman–Crippen LogP) is -0.479. The Morgan fingerprint density at radius 2 is 2.40 bits per heavy atom. The van der Waals surface area contributed by atoms with Crippen molar-refractivity contribution in [2.45, 2.75) is 0 Å². The number of nitrogen functional groups attached to an aromatic ring is 1. The van der Waals surface area contributed by atoms with Gasteiger partial charge in [-0.1, -0.05) is 5.21 Å². The monoisotopic (exact) mass is 161 g/mol. The number of halogens is 1. The molecule has 0 bridgehead atoms. The topological polar surface area (TPSA) is 80.6 Å². The minimum atomic E-state index is -0.0527. The van der Waals surface area contributed by atoms with Crippen molar-refractivity contribution < 1.29 is 0 Å². The van der Waals surface area contributed by atoms with Crippen molar-refractivity contribution >= 4 is 18.2 Å². The van der Waals surface area contributed by atoms with Crippen LogP contribution in [0.3, 0.4) is 0 Å². The van der Waals surface area contributed by atoms with E-state index >= 15 is 0 Å². The first-order valence-corrected chi connectivity index (χ1v) is 2.41. The Hall–Kier alpha value is -1.10. The van der Waals surface area contributed by atoms with Crippen LogP contribution < -0.4 is 5.73 Å². The highest BCUT2D eigenvalue weighted by atomic mass is 35.5. The summed E-state index contributed by atoms with van der Waals surface area (Å²) in [5.41, 5.74) is 5.51. The molecule has 0 aliphatic heterocycles. The largest absolute Gasteiger partial charge is 0.382 e. The predicted molar refractivity (Wildman–Crippen MR) is 39.3 cm³/mol. The summed E-state index contributed by atoms with van der Waals surface area (Å²) >= 11 is 0. The maximum absolute atomic E-state index is 6.91. The van der Waals surface area contributed by atoms with Crippen molar-refractivity contribution in [3.05, 3.63) is 11.9 Å². The lowest BCUT2D eigenvalue weighted by atomic mass is 10.4. The number of aromatic nitrogens is 3. The standard InChI is InChI=1S/C4H7N5.ClH/c1-9-2-3(4(5)6)7-8-9;/h2H,1H3,(H3,5,6);1H. The Bertz CT molecular complexity index is 229. The van der Waals surface area contributed by atoms with E-state index in [0.717, 1.165) is 0 Å². The third-order valence-corrected chi connectivity index (χ3v) is 0.879. The van der Waals surface area contributed by atoms with Crippen LogP contribution in [0, 0.1) is 5.41 Å². The van der Waals surface area contributed by atoms with Crippen LogP contribution in [-0.2, 0) is 7.05 Å². The van der Waals surface area contributed by atoms with Gasteiger partial charge in [0.05, 0.1) is 6.20 Å². The number of nitrogens with two attached hydrogens (primary N) is 1. The van der Waals surface area contributed by atoms with Gasteiger partial charge in [-0.15, -0.1) is 17.5 Å².